The van der Waals surface area contributed by atoms with Crippen molar-refractivity contribution >= 4 is 11.9 Å². The summed E-state index contributed by atoms with van der Waals surface area (Å²) < 4.78 is 22.1. The lowest BCUT2D eigenvalue weighted by atomic mass is 9.99. The van der Waals surface area contributed by atoms with Crippen molar-refractivity contribution in [2.45, 2.75) is 211 Å². The highest BCUT2D eigenvalue weighted by atomic mass is 16.7. The number of carbonyl (C=O) groups excluding carboxylic acids is 2. The summed E-state index contributed by atoms with van der Waals surface area (Å²) in [5, 5.41) is 39.9. The molecule has 0 aromatic heterocycles. The van der Waals surface area contributed by atoms with Crippen LogP contribution in [0.1, 0.15) is 174 Å². The molecular weight excluding hydrogens is 640 g/mol. The number of rotatable bonds is 33. The van der Waals surface area contributed by atoms with Crippen molar-refractivity contribution in [2.24, 2.45) is 0 Å². The predicted molar refractivity (Wildman–Crippen MR) is 196 cm³/mol. The molecule has 6 atom stereocenters. The average Bonchev–Trinajstić information content (AvgIpc) is 3.11. The van der Waals surface area contributed by atoms with Crippen molar-refractivity contribution in [3.63, 3.8) is 0 Å². The summed E-state index contributed by atoms with van der Waals surface area (Å²) in [6.45, 7) is 3.39. The van der Waals surface area contributed by atoms with E-state index in [0.717, 1.165) is 44.9 Å². The summed E-state index contributed by atoms with van der Waals surface area (Å²) in [6.07, 6.45) is 23.6. The molecule has 1 rings (SSSR count). The molecule has 1 heterocycles. The monoisotopic (exact) mass is 715 g/mol. The number of carbonyl (C=O) groups is 2. The molecule has 10 heteroatoms. The Morgan fingerprint density at radius 3 is 1.58 bits per heavy atom. The fourth-order valence-electron chi connectivity index (χ4n) is 6.12. The quantitative estimate of drug-likeness (QED) is 0.0304. The minimum absolute atomic E-state index is 0.221. The standard InChI is InChI=1S/C40H74O10/c1-3-5-7-9-11-13-15-17-19-20-22-24-26-28-35(42)47-31-33(32-48-40-39(46)38(45)37(44)34(30-41)50-40)49-36(43)29-27-25-23-21-18-16-14-12-10-8-6-4-2/h17,19,33-34,37-41,44-46H,3-16,18,20-32H2,1-2H3/b19-17+/t33-,34-,37+,38?,39?,40-/m0/s1. The normalized spacial score (nSPS) is 21.4. The van der Waals surface area contributed by atoms with Crippen LogP contribution in [0.15, 0.2) is 12.2 Å². The summed E-state index contributed by atoms with van der Waals surface area (Å²) in [7, 11) is 0. The van der Waals surface area contributed by atoms with Crippen LogP contribution < -0.4 is 0 Å². The van der Waals surface area contributed by atoms with Gasteiger partial charge in [0.1, 0.15) is 31.0 Å². The Balaban J connectivity index is 2.39. The molecule has 1 fully saturated rings. The van der Waals surface area contributed by atoms with Gasteiger partial charge in [0.05, 0.1) is 13.2 Å². The Morgan fingerprint density at radius 2 is 1.06 bits per heavy atom. The van der Waals surface area contributed by atoms with E-state index in [2.05, 4.69) is 26.0 Å². The van der Waals surface area contributed by atoms with E-state index in [0.29, 0.717) is 12.8 Å². The molecule has 0 amide bonds. The molecule has 0 aromatic carbocycles. The van der Waals surface area contributed by atoms with Crippen LogP contribution in [-0.4, -0.2) is 89.0 Å². The Hall–Kier alpha value is -1.56. The van der Waals surface area contributed by atoms with E-state index in [4.69, 9.17) is 18.9 Å². The van der Waals surface area contributed by atoms with Crippen LogP contribution in [0, 0.1) is 0 Å². The van der Waals surface area contributed by atoms with E-state index in [-0.39, 0.29) is 26.1 Å². The van der Waals surface area contributed by atoms with Gasteiger partial charge in [-0.1, -0.05) is 135 Å². The molecule has 1 aliphatic rings. The maximum absolute atomic E-state index is 12.7. The number of hydrogen-bond donors (Lipinski definition) is 4. The van der Waals surface area contributed by atoms with Gasteiger partial charge in [-0.15, -0.1) is 0 Å². The van der Waals surface area contributed by atoms with Crippen molar-refractivity contribution in [1.82, 2.24) is 0 Å². The van der Waals surface area contributed by atoms with E-state index in [1.807, 2.05) is 0 Å². The van der Waals surface area contributed by atoms with Gasteiger partial charge in [-0.25, -0.2) is 0 Å². The second kappa shape index (κ2) is 32.1. The highest BCUT2D eigenvalue weighted by Crippen LogP contribution is 2.22. The largest absolute Gasteiger partial charge is 0.462 e. The highest BCUT2D eigenvalue weighted by molar-refractivity contribution is 5.70. The molecule has 1 aliphatic heterocycles. The molecule has 50 heavy (non-hydrogen) atoms. The summed E-state index contributed by atoms with van der Waals surface area (Å²) in [5.74, 6) is -0.821. The van der Waals surface area contributed by atoms with Gasteiger partial charge in [0.2, 0.25) is 0 Å². The Kier molecular flexibility index (Phi) is 29.8. The summed E-state index contributed by atoms with van der Waals surface area (Å²) in [4.78, 5) is 25.2. The molecule has 0 radical (unpaired) electrons. The minimum atomic E-state index is -1.59. The van der Waals surface area contributed by atoms with Crippen LogP contribution in [0.2, 0.25) is 0 Å². The highest BCUT2D eigenvalue weighted by Gasteiger charge is 2.44. The van der Waals surface area contributed by atoms with Gasteiger partial charge >= 0.3 is 11.9 Å². The van der Waals surface area contributed by atoms with Gasteiger partial charge in [-0.3, -0.25) is 9.59 Å². The third-order valence-electron chi connectivity index (χ3n) is 9.40. The van der Waals surface area contributed by atoms with Gasteiger partial charge < -0.3 is 39.4 Å². The summed E-state index contributed by atoms with van der Waals surface area (Å²) >= 11 is 0. The second-order valence-corrected chi connectivity index (χ2v) is 14.1. The van der Waals surface area contributed by atoms with Crippen LogP contribution >= 0.6 is 0 Å². The van der Waals surface area contributed by atoms with Crippen molar-refractivity contribution < 1.29 is 49.0 Å². The molecule has 0 aliphatic carbocycles. The molecule has 0 aromatic rings. The van der Waals surface area contributed by atoms with Gasteiger partial charge in [-0.05, 0) is 38.5 Å². The molecule has 4 N–H and O–H groups in total. The smallest absolute Gasteiger partial charge is 0.306 e. The second-order valence-electron chi connectivity index (χ2n) is 14.1. The van der Waals surface area contributed by atoms with Gasteiger partial charge in [0.25, 0.3) is 0 Å². The molecule has 0 saturated carbocycles. The lowest BCUT2D eigenvalue weighted by molar-refractivity contribution is -0.305. The molecule has 0 bridgehead atoms. The predicted octanol–water partition coefficient (Wildman–Crippen LogP) is 7.61. The lowest BCUT2D eigenvalue weighted by Gasteiger charge is -2.39. The average molecular weight is 715 g/mol. The van der Waals surface area contributed by atoms with Crippen molar-refractivity contribution in [3.05, 3.63) is 12.2 Å². The zero-order valence-electron chi connectivity index (χ0n) is 31.7. The SMILES string of the molecule is CCCCCCCC/C=C/CCCCCC(=O)OC[C@@H](CO[C@H]1O[C@@H](CO)[C@@H](O)C(O)C1O)OC(=O)CCCCCCCCCCCCCC. The fraction of sp³-hybridized carbons (Fsp3) is 0.900. The number of esters is 2. The minimum Gasteiger partial charge on any atom is -0.462 e. The van der Waals surface area contributed by atoms with Crippen LogP contribution in [0.4, 0.5) is 0 Å². The molecule has 2 unspecified atom stereocenters. The first-order valence-electron chi connectivity index (χ1n) is 20.3. The number of allylic oxidation sites excluding steroid dienone is 2. The third kappa shape index (κ3) is 23.8. The molecule has 10 nitrogen and oxygen atoms in total. The van der Waals surface area contributed by atoms with Crippen LogP contribution in [0.3, 0.4) is 0 Å². The molecular formula is C40H74O10. The van der Waals surface area contributed by atoms with E-state index >= 15 is 0 Å². The maximum Gasteiger partial charge on any atom is 0.306 e. The summed E-state index contributed by atoms with van der Waals surface area (Å²) in [6, 6.07) is 0. The van der Waals surface area contributed by atoms with E-state index in [1.54, 1.807) is 0 Å². The maximum atomic E-state index is 12.7. The van der Waals surface area contributed by atoms with Crippen LogP contribution in [0.5, 0.6) is 0 Å². The first-order valence-corrected chi connectivity index (χ1v) is 20.3. The third-order valence-corrected chi connectivity index (χ3v) is 9.40. The summed E-state index contributed by atoms with van der Waals surface area (Å²) in [5.41, 5.74) is 0. The Morgan fingerprint density at radius 1 is 0.600 bits per heavy atom. The Labute approximate surface area is 303 Å². The molecule has 0 spiro atoms. The van der Waals surface area contributed by atoms with Crippen LogP contribution in [-0.2, 0) is 28.5 Å². The van der Waals surface area contributed by atoms with Crippen molar-refractivity contribution in [1.29, 1.82) is 0 Å². The zero-order valence-corrected chi connectivity index (χ0v) is 31.7. The lowest BCUT2D eigenvalue weighted by Crippen LogP contribution is -2.59. The number of aliphatic hydroxyl groups is 4. The van der Waals surface area contributed by atoms with E-state index < -0.39 is 55.4 Å². The first-order chi connectivity index (χ1) is 24.3. The van der Waals surface area contributed by atoms with Crippen molar-refractivity contribution in [3.8, 4) is 0 Å². The van der Waals surface area contributed by atoms with E-state index in [9.17, 15) is 30.0 Å². The topological polar surface area (TPSA) is 152 Å². The van der Waals surface area contributed by atoms with Crippen molar-refractivity contribution in [2.75, 3.05) is 19.8 Å². The van der Waals surface area contributed by atoms with Crippen LogP contribution in [0.25, 0.3) is 0 Å². The number of ether oxygens (including phenoxy) is 4. The van der Waals surface area contributed by atoms with E-state index in [1.165, 1.54) is 89.9 Å². The number of unbranched alkanes of at least 4 members (excludes halogenated alkanes) is 20. The van der Waals surface area contributed by atoms with Gasteiger partial charge in [0.15, 0.2) is 12.4 Å². The molecule has 1 saturated heterocycles. The number of hydrogen-bond acceptors (Lipinski definition) is 10. The Bertz CT molecular complexity index is 835. The number of aliphatic hydroxyl groups excluding tert-OH is 4. The fourth-order valence-corrected chi connectivity index (χ4v) is 6.12. The van der Waals surface area contributed by atoms with Gasteiger partial charge in [-0.2, -0.15) is 0 Å². The molecule has 294 valence electrons. The first kappa shape index (κ1) is 46.5. The van der Waals surface area contributed by atoms with Gasteiger partial charge in [0, 0.05) is 12.8 Å². The zero-order chi connectivity index (χ0) is 36.7.